The molecule has 17 heavy (non-hydrogen) atoms. The molecule has 1 aromatic carbocycles. The van der Waals surface area contributed by atoms with E-state index in [9.17, 15) is 0 Å². The first-order valence-corrected chi connectivity index (χ1v) is 5.71. The summed E-state index contributed by atoms with van der Waals surface area (Å²) in [5.74, 6) is 7.38. The van der Waals surface area contributed by atoms with Crippen LogP contribution in [0.15, 0.2) is 34.7 Å². The Morgan fingerprint density at radius 3 is 2.41 bits per heavy atom. The predicted molar refractivity (Wildman–Crippen MR) is 68.5 cm³/mol. The van der Waals surface area contributed by atoms with Crippen molar-refractivity contribution >= 4 is 0 Å². The molecule has 90 valence electrons. The predicted octanol–water partition coefficient (Wildman–Crippen LogP) is 2.76. The van der Waals surface area contributed by atoms with E-state index in [1.807, 2.05) is 19.1 Å². The van der Waals surface area contributed by atoms with E-state index >= 15 is 0 Å². The second-order valence-corrected chi connectivity index (χ2v) is 4.41. The van der Waals surface area contributed by atoms with Gasteiger partial charge >= 0.3 is 0 Å². The number of benzene rings is 1. The molecule has 1 heterocycles. The number of nitrogens with one attached hydrogen (secondary N) is 1. The summed E-state index contributed by atoms with van der Waals surface area (Å²) in [5, 5.41) is 0. The molecule has 0 fully saturated rings. The first-order valence-electron chi connectivity index (χ1n) is 5.71. The van der Waals surface area contributed by atoms with Gasteiger partial charge in [0.05, 0.1) is 0 Å². The topological polar surface area (TPSA) is 51.2 Å². The monoisotopic (exact) mass is 230 g/mol. The molecule has 0 aliphatic heterocycles. The molecule has 1 unspecified atom stereocenters. The van der Waals surface area contributed by atoms with Crippen LogP contribution in [0, 0.1) is 20.8 Å². The first-order chi connectivity index (χ1) is 8.11. The van der Waals surface area contributed by atoms with Crippen LogP contribution in [-0.2, 0) is 0 Å². The van der Waals surface area contributed by atoms with Gasteiger partial charge in [-0.2, -0.15) is 0 Å². The molecule has 1 aromatic heterocycles. The Balaban J connectivity index is 2.42. The lowest BCUT2D eigenvalue weighted by Crippen LogP contribution is -2.29. The fraction of sp³-hybridized carbons (Fsp3) is 0.286. The van der Waals surface area contributed by atoms with Crippen molar-refractivity contribution in [2.45, 2.75) is 26.8 Å². The number of aryl methyl sites for hydroxylation is 3. The highest BCUT2D eigenvalue weighted by atomic mass is 16.3. The van der Waals surface area contributed by atoms with Gasteiger partial charge in [0, 0.05) is 0 Å². The highest BCUT2D eigenvalue weighted by Gasteiger charge is 2.17. The van der Waals surface area contributed by atoms with Crippen molar-refractivity contribution in [3.63, 3.8) is 0 Å². The van der Waals surface area contributed by atoms with Crippen LogP contribution in [0.1, 0.15) is 34.3 Å². The number of nitrogens with two attached hydrogens (primary N) is 1. The fourth-order valence-corrected chi connectivity index (χ4v) is 2.08. The minimum Gasteiger partial charge on any atom is -0.464 e. The maximum atomic E-state index is 5.64. The van der Waals surface area contributed by atoms with Crippen LogP contribution in [-0.4, -0.2) is 0 Å². The molecule has 0 bridgehead atoms. The van der Waals surface area contributed by atoms with Crippen LogP contribution in [0.4, 0.5) is 0 Å². The third kappa shape index (κ3) is 2.40. The van der Waals surface area contributed by atoms with E-state index in [0.717, 1.165) is 17.1 Å². The number of furan rings is 1. The third-order valence-corrected chi connectivity index (χ3v) is 2.95. The third-order valence-electron chi connectivity index (χ3n) is 2.95. The second kappa shape index (κ2) is 4.73. The molecule has 0 spiro atoms. The lowest BCUT2D eigenvalue weighted by molar-refractivity contribution is 0.434. The fourth-order valence-electron chi connectivity index (χ4n) is 2.08. The molecular formula is C14H18N2O. The zero-order valence-electron chi connectivity index (χ0n) is 10.4. The molecule has 3 heteroatoms. The summed E-state index contributed by atoms with van der Waals surface area (Å²) in [7, 11) is 0. The van der Waals surface area contributed by atoms with E-state index in [2.05, 4.69) is 37.5 Å². The van der Waals surface area contributed by atoms with Crippen LogP contribution in [0.25, 0.3) is 0 Å². The lowest BCUT2D eigenvalue weighted by Gasteiger charge is -2.16. The van der Waals surface area contributed by atoms with Crippen molar-refractivity contribution in [2.75, 3.05) is 0 Å². The SMILES string of the molecule is Cc1ccc(C(NN)c2ccc(C)o2)c(C)c1. The largest absolute Gasteiger partial charge is 0.464 e. The van der Waals surface area contributed by atoms with E-state index in [1.54, 1.807) is 0 Å². The summed E-state index contributed by atoms with van der Waals surface area (Å²) in [6.45, 7) is 6.10. The number of hydrogen-bond acceptors (Lipinski definition) is 3. The van der Waals surface area contributed by atoms with E-state index in [0.29, 0.717) is 0 Å². The Bertz CT molecular complexity index is 517. The molecule has 3 N–H and O–H groups in total. The zero-order chi connectivity index (χ0) is 12.4. The smallest absolute Gasteiger partial charge is 0.126 e. The van der Waals surface area contributed by atoms with Crippen molar-refractivity contribution in [3.05, 3.63) is 58.5 Å². The Morgan fingerprint density at radius 2 is 1.88 bits per heavy atom. The quantitative estimate of drug-likeness (QED) is 0.629. The zero-order valence-corrected chi connectivity index (χ0v) is 10.4. The molecule has 0 aliphatic carbocycles. The average molecular weight is 230 g/mol. The normalized spacial score (nSPS) is 12.7. The lowest BCUT2D eigenvalue weighted by atomic mass is 9.98. The van der Waals surface area contributed by atoms with Crippen molar-refractivity contribution < 1.29 is 4.42 Å². The maximum Gasteiger partial charge on any atom is 0.126 e. The Morgan fingerprint density at radius 1 is 1.12 bits per heavy atom. The summed E-state index contributed by atoms with van der Waals surface area (Å²) in [5.41, 5.74) is 6.42. The highest BCUT2D eigenvalue weighted by molar-refractivity contribution is 5.36. The van der Waals surface area contributed by atoms with Gasteiger partial charge in [-0.05, 0) is 44.0 Å². The summed E-state index contributed by atoms with van der Waals surface area (Å²) in [6.07, 6.45) is 0. The van der Waals surface area contributed by atoms with E-state index in [-0.39, 0.29) is 6.04 Å². The molecule has 1 atom stereocenters. The number of hydrogen-bond donors (Lipinski definition) is 2. The van der Waals surface area contributed by atoms with E-state index < -0.39 is 0 Å². The molecule has 2 rings (SSSR count). The Labute approximate surface area is 102 Å². The van der Waals surface area contributed by atoms with Gasteiger partial charge < -0.3 is 4.42 Å². The maximum absolute atomic E-state index is 5.64. The van der Waals surface area contributed by atoms with Gasteiger partial charge in [-0.3, -0.25) is 5.84 Å². The highest BCUT2D eigenvalue weighted by Crippen LogP contribution is 2.26. The van der Waals surface area contributed by atoms with Gasteiger partial charge in [0.1, 0.15) is 17.6 Å². The van der Waals surface area contributed by atoms with Gasteiger partial charge in [0.25, 0.3) is 0 Å². The first kappa shape index (κ1) is 11.9. The van der Waals surface area contributed by atoms with Crippen molar-refractivity contribution in [1.29, 1.82) is 0 Å². The summed E-state index contributed by atoms with van der Waals surface area (Å²) in [4.78, 5) is 0. The summed E-state index contributed by atoms with van der Waals surface area (Å²) >= 11 is 0. The van der Waals surface area contributed by atoms with Gasteiger partial charge in [0.2, 0.25) is 0 Å². The molecule has 2 aromatic rings. The minimum atomic E-state index is -0.0932. The van der Waals surface area contributed by atoms with Crippen molar-refractivity contribution in [2.24, 2.45) is 5.84 Å². The molecule has 0 aliphatic rings. The number of hydrazine groups is 1. The van der Waals surface area contributed by atoms with Crippen LogP contribution < -0.4 is 11.3 Å². The van der Waals surface area contributed by atoms with E-state index in [4.69, 9.17) is 10.3 Å². The molecular weight excluding hydrogens is 212 g/mol. The van der Waals surface area contributed by atoms with Crippen LogP contribution in [0.2, 0.25) is 0 Å². The van der Waals surface area contributed by atoms with Gasteiger partial charge in [-0.15, -0.1) is 0 Å². The molecule has 0 radical (unpaired) electrons. The van der Waals surface area contributed by atoms with Crippen molar-refractivity contribution in [3.8, 4) is 0 Å². The van der Waals surface area contributed by atoms with E-state index in [1.165, 1.54) is 11.1 Å². The van der Waals surface area contributed by atoms with Gasteiger partial charge in [-0.1, -0.05) is 23.8 Å². The van der Waals surface area contributed by atoms with Gasteiger partial charge in [0.15, 0.2) is 0 Å². The number of rotatable bonds is 3. The van der Waals surface area contributed by atoms with Crippen LogP contribution in [0.5, 0.6) is 0 Å². The summed E-state index contributed by atoms with van der Waals surface area (Å²) < 4.78 is 5.63. The van der Waals surface area contributed by atoms with Crippen LogP contribution in [0.3, 0.4) is 0 Å². The van der Waals surface area contributed by atoms with Crippen LogP contribution >= 0.6 is 0 Å². The van der Waals surface area contributed by atoms with Gasteiger partial charge in [-0.25, -0.2) is 5.43 Å². The molecule has 0 saturated heterocycles. The Kier molecular flexibility index (Phi) is 3.31. The Hall–Kier alpha value is -1.58. The minimum absolute atomic E-state index is 0.0932. The van der Waals surface area contributed by atoms with Crippen molar-refractivity contribution in [1.82, 2.24) is 5.43 Å². The molecule has 3 nitrogen and oxygen atoms in total. The average Bonchev–Trinajstić information content (AvgIpc) is 2.69. The molecule has 0 amide bonds. The summed E-state index contributed by atoms with van der Waals surface area (Å²) in [6, 6.07) is 10.1. The standard InChI is InChI=1S/C14H18N2O/c1-9-4-6-12(10(2)8-9)14(16-15)13-7-5-11(3)17-13/h4-8,14,16H,15H2,1-3H3. The molecule has 0 saturated carbocycles. The second-order valence-electron chi connectivity index (χ2n) is 4.41.